The second kappa shape index (κ2) is 7.30. The predicted molar refractivity (Wildman–Crippen MR) is 93.5 cm³/mol. The number of hydrogen-bond donors (Lipinski definition) is 2. The van der Waals surface area contributed by atoms with Crippen molar-refractivity contribution in [1.82, 2.24) is 20.1 Å². The van der Waals surface area contributed by atoms with Gasteiger partial charge in [0.15, 0.2) is 5.82 Å². The third kappa shape index (κ3) is 4.29. The van der Waals surface area contributed by atoms with Gasteiger partial charge in [0.25, 0.3) is 5.91 Å². The lowest BCUT2D eigenvalue weighted by molar-refractivity contribution is -0.137. The van der Waals surface area contributed by atoms with E-state index in [2.05, 4.69) is 15.4 Å². The lowest BCUT2D eigenvalue weighted by atomic mass is 10.1. The number of rotatable bonds is 6. The van der Waals surface area contributed by atoms with E-state index in [1.54, 1.807) is 0 Å². The molecule has 3 rings (SSSR count). The highest BCUT2D eigenvalue weighted by molar-refractivity contribution is 5.95. The molecule has 0 aromatic carbocycles. The van der Waals surface area contributed by atoms with Crippen LogP contribution in [-0.4, -0.2) is 33.3 Å². The summed E-state index contributed by atoms with van der Waals surface area (Å²) in [6.07, 6.45) is -0.109. The van der Waals surface area contributed by atoms with Gasteiger partial charge < -0.3 is 11.1 Å². The summed E-state index contributed by atoms with van der Waals surface area (Å²) >= 11 is 0. The lowest BCUT2D eigenvalue weighted by Crippen LogP contribution is -2.38. The first-order valence-electron chi connectivity index (χ1n) is 8.83. The molecule has 1 aliphatic rings. The Hall–Kier alpha value is -2.42. The number of alkyl halides is 3. The minimum absolute atomic E-state index is 0.0666. The second-order valence-corrected chi connectivity index (χ2v) is 7.12. The fourth-order valence-corrected chi connectivity index (χ4v) is 2.95. The van der Waals surface area contributed by atoms with Crippen LogP contribution in [0.5, 0.6) is 0 Å². The number of pyridine rings is 1. The smallest absolute Gasteiger partial charge is 0.350 e. The number of nitrogens with two attached hydrogens (primary N) is 1. The molecule has 1 fully saturated rings. The summed E-state index contributed by atoms with van der Waals surface area (Å²) < 4.78 is 39.6. The van der Waals surface area contributed by atoms with E-state index in [1.165, 1.54) is 16.9 Å². The van der Waals surface area contributed by atoms with E-state index in [0.717, 1.165) is 25.1 Å². The van der Waals surface area contributed by atoms with E-state index in [1.807, 2.05) is 13.8 Å². The summed E-state index contributed by atoms with van der Waals surface area (Å²) in [5, 5.41) is 7.00. The number of aromatic nitrogens is 3. The van der Waals surface area contributed by atoms with Gasteiger partial charge in [-0.1, -0.05) is 13.8 Å². The molecule has 0 bridgehead atoms. The minimum atomic E-state index is -4.46. The quantitative estimate of drug-likeness (QED) is 0.806. The van der Waals surface area contributed by atoms with E-state index in [-0.39, 0.29) is 23.7 Å². The van der Waals surface area contributed by atoms with Crippen LogP contribution in [0, 0.1) is 5.92 Å². The average molecular weight is 381 g/mol. The summed E-state index contributed by atoms with van der Waals surface area (Å²) in [5.74, 6) is 0.303. The van der Waals surface area contributed by atoms with Crippen molar-refractivity contribution in [2.24, 2.45) is 11.7 Å². The zero-order chi connectivity index (χ0) is 19.8. The molecule has 1 aliphatic carbocycles. The molecule has 6 nitrogen and oxygen atoms in total. The molecule has 1 atom stereocenters. The van der Waals surface area contributed by atoms with Gasteiger partial charge in [-0.15, -0.1) is 0 Å². The maximum Gasteiger partial charge on any atom is 0.417 e. The van der Waals surface area contributed by atoms with Crippen LogP contribution in [0.3, 0.4) is 0 Å². The summed E-state index contributed by atoms with van der Waals surface area (Å²) in [7, 11) is 0. The van der Waals surface area contributed by atoms with Crippen LogP contribution in [0.1, 0.15) is 54.2 Å². The van der Waals surface area contributed by atoms with Crippen LogP contribution in [0.2, 0.25) is 0 Å². The zero-order valence-corrected chi connectivity index (χ0v) is 15.1. The SMILES string of the molecule is CC(C)c1c(C(=O)NCC(N)C2CC2)cnn1-c1ccc(C(F)(F)F)cn1. The van der Waals surface area contributed by atoms with Gasteiger partial charge >= 0.3 is 6.18 Å². The average Bonchev–Trinajstić information content (AvgIpc) is 3.36. The highest BCUT2D eigenvalue weighted by Crippen LogP contribution is 2.31. The highest BCUT2D eigenvalue weighted by atomic mass is 19.4. The molecule has 0 saturated heterocycles. The Morgan fingerprint density at radius 2 is 2.04 bits per heavy atom. The van der Waals surface area contributed by atoms with E-state index in [4.69, 9.17) is 5.73 Å². The Bertz CT molecular complexity index is 809. The van der Waals surface area contributed by atoms with Crippen molar-refractivity contribution in [1.29, 1.82) is 0 Å². The third-order valence-electron chi connectivity index (χ3n) is 4.62. The lowest BCUT2D eigenvalue weighted by Gasteiger charge is -2.14. The van der Waals surface area contributed by atoms with Crippen LogP contribution in [-0.2, 0) is 6.18 Å². The molecule has 3 N–H and O–H groups in total. The molecular formula is C18H22F3N5O. The maximum absolute atomic E-state index is 12.7. The fourth-order valence-electron chi connectivity index (χ4n) is 2.95. The van der Waals surface area contributed by atoms with Crippen molar-refractivity contribution >= 4 is 5.91 Å². The Kier molecular flexibility index (Phi) is 5.23. The second-order valence-electron chi connectivity index (χ2n) is 7.12. The van der Waals surface area contributed by atoms with Gasteiger partial charge in [-0.25, -0.2) is 9.67 Å². The van der Waals surface area contributed by atoms with Gasteiger partial charge in [0.1, 0.15) is 0 Å². The number of nitrogens with one attached hydrogen (secondary N) is 1. The van der Waals surface area contributed by atoms with Gasteiger partial charge in [0.2, 0.25) is 0 Å². The van der Waals surface area contributed by atoms with Gasteiger partial charge in [0.05, 0.1) is 23.0 Å². The Morgan fingerprint density at radius 1 is 1.33 bits per heavy atom. The molecule has 27 heavy (non-hydrogen) atoms. The van der Waals surface area contributed by atoms with Crippen molar-refractivity contribution in [3.63, 3.8) is 0 Å². The molecule has 1 saturated carbocycles. The molecule has 9 heteroatoms. The normalized spacial score (nSPS) is 15.8. The number of carbonyl (C=O) groups excluding carboxylic acids is 1. The van der Waals surface area contributed by atoms with Crippen molar-refractivity contribution in [3.8, 4) is 5.82 Å². The summed E-state index contributed by atoms with van der Waals surface area (Å²) in [4.78, 5) is 16.4. The number of amides is 1. The molecule has 2 aromatic rings. The van der Waals surface area contributed by atoms with Gasteiger partial charge in [-0.3, -0.25) is 4.79 Å². The number of halogens is 3. The highest BCUT2D eigenvalue weighted by Gasteiger charge is 2.31. The Morgan fingerprint density at radius 3 is 2.56 bits per heavy atom. The first-order valence-corrected chi connectivity index (χ1v) is 8.83. The van der Waals surface area contributed by atoms with Crippen LogP contribution in [0.15, 0.2) is 24.5 Å². The van der Waals surface area contributed by atoms with E-state index >= 15 is 0 Å². The van der Waals surface area contributed by atoms with Crippen LogP contribution in [0.25, 0.3) is 5.82 Å². The first-order chi connectivity index (χ1) is 12.7. The van der Waals surface area contributed by atoms with Gasteiger partial charge in [-0.05, 0) is 36.8 Å². The first kappa shape index (κ1) is 19.3. The fraction of sp³-hybridized carbons (Fsp3) is 0.500. The van der Waals surface area contributed by atoms with Crippen LogP contribution < -0.4 is 11.1 Å². The molecule has 0 radical (unpaired) electrons. The summed E-state index contributed by atoms with van der Waals surface area (Å²) in [6, 6.07) is 2.12. The minimum Gasteiger partial charge on any atom is -0.350 e. The summed E-state index contributed by atoms with van der Waals surface area (Å²) in [5.41, 5.74) is 6.13. The van der Waals surface area contributed by atoms with Crippen molar-refractivity contribution in [2.75, 3.05) is 6.54 Å². The van der Waals surface area contributed by atoms with Crippen molar-refractivity contribution in [2.45, 2.75) is 44.8 Å². The van der Waals surface area contributed by atoms with E-state index < -0.39 is 11.7 Å². The molecule has 2 heterocycles. The Balaban J connectivity index is 1.83. The molecule has 2 aromatic heterocycles. The molecular weight excluding hydrogens is 359 g/mol. The van der Waals surface area contributed by atoms with Gasteiger partial charge in [0, 0.05) is 18.8 Å². The largest absolute Gasteiger partial charge is 0.417 e. The summed E-state index contributed by atoms with van der Waals surface area (Å²) in [6.45, 7) is 4.14. The third-order valence-corrected chi connectivity index (χ3v) is 4.62. The van der Waals surface area contributed by atoms with E-state index in [9.17, 15) is 18.0 Å². The molecule has 0 aliphatic heterocycles. The van der Waals surface area contributed by atoms with Crippen molar-refractivity contribution in [3.05, 3.63) is 41.3 Å². The molecule has 1 amide bonds. The molecule has 0 spiro atoms. The number of carbonyl (C=O) groups is 1. The van der Waals surface area contributed by atoms with Crippen molar-refractivity contribution < 1.29 is 18.0 Å². The van der Waals surface area contributed by atoms with E-state index in [0.29, 0.717) is 23.7 Å². The molecule has 146 valence electrons. The van der Waals surface area contributed by atoms with Crippen LogP contribution >= 0.6 is 0 Å². The Labute approximate surface area is 155 Å². The van der Waals surface area contributed by atoms with Crippen LogP contribution in [0.4, 0.5) is 13.2 Å². The zero-order valence-electron chi connectivity index (χ0n) is 15.1. The number of nitrogens with zero attached hydrogens (tertiary/aromatic N) is 3. The maximum atomic E-state index is 12.7. The monoisotopic (exact) mass is 381 g/mol. The number of hydrogen-bond acceptors (Lipinski definition) is 4. The topological polar surface area (TPSA) is 85.8 Å². The standard InChI is InChI=1S/C18H22F3N5O/c1-10(2)16-13(17(27)24-9-14(22)11-3-4-11)8-25-26(16)15-6-5-12(7-23-15)18(19,20)21/h5-8,10-11,14H,3-4,9,22H2,1-2H3,(H,24,27). The predicted octanol–water partition coefficient (Wildman–Crippen LogP) is 2.88. The molecule has 1 unspecified atom stereocenters. The van der Waals surface area contributed by atoms with Gasteiger partial charge in [-0.2, -0.15) is 18.3 Å².